The van der Waals surface area contributed by atoms with Crippen molar-refractivity contribution in [3.8, 4) is 0 Å². The van der Waals surface area contributed by atoms with Gasteiger partial charge >= 0.3 is 6.09 Å². The van der Waals surface area contributed by atoms with Gasteiger partial charge in [-0.2, -0.15) is 11.8 Å². The van der Waals surface area contributed by atoms with Crippen molar-refractivity contribution in [3.05, 3.63) is 35.9 Å². The summed E-state index contributed by atoms with van der Waals surface area (Å²) in [7, 11) is 0. The van der Waals surface area contributed by atoms with Gasteiger partial charge in [0, 0.05) is 43.7 Å². The summed E-state index contributed by atoms with van der Waals surface area (Å²) in [6.07, 6.45) is 7.68. The number of likely N-dealkylation sites (tertiary alicyclic amines) is 1. The van der Waals surface area contributed by atoms with Gasteiger partial charge in [0.2, 0.25) is 5.91 Å². The highest BCUT2D eigenvalue weighted by molar-refractivity contribution is 8.00. The molecule has 4 rings (SSSR count). The van der Waals surface area contributed by atoms with Gasteiger partial charge in [0.25, 0.3) is 5.91 Å². The van der Waals surface area contributed by atoms with E-state index in [-0.39, 0.29) is 17.9 Å². The minimum Gasteiger partial charge on any atom is -0.444 e. The lowest BCUT2D eigenvalue weighted by Crippen LogP contribution is -2.56. The molecule has 0 spiro atoms. The highest BCUT2D eigenvalue weighted by Crippen LogP contribution is 2.28. The van der Waals surface area contributed by atoms with Crippen LogP contribution in [0.3, 0.4) is 0 Å². The molecule has 3 amide bonds. The van der Waals surface area contributed by atoms with Crippen LogP contribution in [0.2, 0.25) is 0 Å². The Morgan fingerprint density at radius 3 is 2.41 bits per heavy atom. The van der Waals surface area contributed by atoms with Crippen molar-refractivity contribution in [2.24, 2.45) is 5.92 Å². The quantitative estimate of drug-likeness (QED) is 0.394. The molecule has 1 unspecified atom stereocenters. The van der Waals surface area contributed by atoms with Gasteiger partial charge < -0.3 is 15.4 Å². The van der Waals surface area contributed by atoms with E-state index in [1.165, 1.54) is 54.3 Å². The van der Waals surface area contributed by atoms with Crippen LogP contribution in [0.25, 0.3) is 0 Å². The number of hydrogen-bond acceptors (Lipinski definition) is 7. The summed E-state index contributed by atoms with van der Waals surface area (Å²) in [6, 6.07) is 9.93. The topological polar surface area (TPSA) is 91.0 Å². The summed E-state index contributed by atoms with van der Waals surface area (Å²) in [4.78, 5) is 43.7. The fourth-order valence-electron chi connectivity index (χ4n) is 5.71. The minimum absolute atomic E-state index is 0.0939. The third-order valence-electron chi connectivity index (χ3n) is 7.92. The van der Waals surface area contributed by atoms with E-state index in [0.717, 1.165) is 38.2 Å². The Hall–Kier alpha value is -1.91. The second-order valence-electron chi connectivity index (χ2n) is 12.5. The van der Waals surface area contributed by atoms with Crippen molar-refractivity contribution in [1.82, 2.24) is 20.4 Å². The van der Waals surface area contributed by atoms with Crippen molar-refractivity contribution < 1.29 is 19.1 Å². The zero-order valence-corrected chi connectivity index (χ0v) is 26.6. The van der Waals surface area contributed by atoms with E-state index < -0.39 is 23.1 Å². The molecule has 2 heterocycles. The van der Waals surface area contributed by atoms with Gasteiger partial charge in [0.15, 0.2) is 5.37 Å². The first kappa shape index (κ1) is 32.0. The van der Waals surface area contributed by atoms with Gasteiger partial charge in [-0.15, -0.1) is 11.8 Å². The van der Waals surface area contributed by atoms with E-state index in [0.29, 0.717) is 24.0 Å². The van der Waals surface area contributed by atoms with Crippen molar-refractivity contribution in [2.45, 2.75) is 95.3 Å². The number of benzene rings is 1. The second-order valence-corrected chi connectivity index (χ2v) is 14.8. The summed E-state index contributed by atoms with van der Waals surface area (Å²) in [5, 5.41) is 5.58. The maximum absolute atomic E-state index is 13.6. The Morgan fingerprint density at radius 1 is 1.02 bits per heavy atom. The van der Waals surface area contributed by atoms with E-state index in [1.54, 1.807) is 11.8 Å². The first-order valence-electron chi connectivity index (χ1n) is 15.2. The largest absolute Gasteiger partial charge is 0.444 e. The molecule has 8 nitrogen and oxygen atoms in total. The van der Waals surface area contributed by atoms with Crippen LogP contribution >= 0.6 is 23.5 Å². The van der Waals surface area contributed by atoms with Gasteiger partial charge in [0.05, 0.1) is 0 Å². The van der Waals surface area contributed by atoms with Crippen molar-refractivity contribution >= 4 is 41.4 Å². The number of piperidine rings is 1. The van der Waals surface area contributed by atoms with Crippen molar-refractivity contribution in [3.63, 3.8) is 0 Å². The van der Waals surface area contributed by atoms with Gasteiger partial charge in [-0.25, -0.2) is 4.79 Å². The van der Waals surface area contributed by atoms with Gasteiger partial charge in [-0.3, -0.25) is 19.4 Å². The lowest BCUT2D eigenvalue weighted by Gasteiger charge is -2.33. The Labute approximate surface area is 254 Å². The molecule has 0 radical (unpaired) electrons. The molecule has 3 aliphatic rings. The number of amides is 3. The molecule has 10 heteroatoms. The number of carbonyl (C=O) groups is 3. The monoisotopic (exact) mass is 604 g/mol. The van der Waals surface area contributed by atoms with Crippen LogP contribution < -0.4 is 10.6 Å². The third kappa shape index (κ3) is 10.4. The molecule has 2 atom stereocenters. The standard InChI is InChI=1S/C31H48N4O4S2/c1-31(2,3)39-30(38)35-18-19-41-29(35)28(37)33-26(22-40-21-24-12-8-5-9-13-24)27(36)32-25-14-16-34(17-15-25)20-23-10-6-4-7-11-23/h4,6-7,10-11,24-26,29H,5,8-9,12-22H2,1-3H3,(H,32,36)(H,33,37)/t26-,29?/m1/s1. The number of thioether (sulfide) groups is 2. The Kier molecular flexibility index (Phi) is 12.1. The fraction of sp³-hybridized carbons (Fsp3) is 0.710. The Balaban J connectivity index is 1.32. The summed E-state index contributed by atoms with van der Waals surface area (Å²) < 4.78 is 5.54. The first-order valence-corrected chi connectivity index (χ1v) is 17.4. The SMILES string of the molecule is CC(C)(C)OC(=O)N1CCSC1C(=O)N[C@H](CSCC1CCCCC1)C(=O)NC1CCN(Cc2ccccc2)CC1. The number of ether oxygens (including phenoxy) is 1. The molecule has 0 aromatic heterocycles. The second kappa shape index (κ2) is 15.5. The Bertz CT molecular complexity index is 992. The lowest BCUT2D eigenvalue weighted by atomic mass is 9.91. The van der Waals surface area contributed by atoms with Crippen LogP contribution in [0.5, 0.6) is 0 Å². The van der Waals surface area contributed by atoms with E-state index in [4.69, 9.17) is 4.74 Å². The van der Waals surface area contributed by atoms with E-state index in [1.807, 2.05) is 26.8 Å². The molecular weight excluding hydrogens is 556 g/mol. The predicted octanol–water partition coefficient (Wildman–Crippen LogP) is 4.88. The molecule has 41 heavy (non-hydrogen) atoms. The zero-order chi connectivity index (χ0) is 29.2. The molecule has 1 aromatic carbocycles. The van der Waals surface area contributed by atoms with E-state index >= 15 is 0 Å². The molecule has 0 bridgehead atoms. The molecular formula is C31H48N4O4S2. The molecule has 2 saturated heterocycles. The summed E-state index contributed by atoms with van der Waals surface area (Å²) >= 11 is 3.18. The average Bonchev–Trinajstić information content (AvgIpc) is 3.44. The normalized spacial score (nSPS) is 21.8. The first-order chi connectivity index (χ1) is 19.7. The highest BCUT2D eigenvalue weighted by Gasteiger charge is 2.39. The Morgan fingerprint density at radius 2 is 1.73 bits per heavy atom. The summed E-state index contributed by atoms with van der Waals surface area (Å²) in [6.45, 7) is 8.68. The third-order valence-corrected chi connectivity index (χ3v) is 10.4. The van der Waals surface area contributed by atoms with Gasteiger partial charge in [0.1, 0.15) is 11.6 Å². The summed E-state index contributed by atoms with van der Waals surface area (Å²) in [5.74, 6) is 2.48. The molecule has 1 aliphatic carbocycles. The van der Waals surface area contributed by atoms with Crippen LogP contribution in [0.4, 0.5) is 4.79 Å². The molecule has 2 N–H and O–H groups in total. The molecule has 228 valence electrons. The van der Waals surface area contributed by atoms with Crippen LogP contribution in [0.15, 0.2) is 30.3 Å². The molecule has 2 aliphatic heterocycles. The van der Waals surface area contributed by atoms with Crippen LogP contribution in [-0.4, -0.2) is 87.7 Å². The van der Waals surface area contributed by atoms with Crippen molar-refractivity contribution in [2.75, 3.05) is 36.9 Å². The molecule has 1 aromatic rings. The van der Waals surface area contributed by atoms with Gasteiger partial charge in [-0.05, 0) is 63.7 Å². The average molecular weight is 605 g/mol. The van der Waals surface area contributed by atoms with E-state index in [2.05, 4.69) is 39.8 Å². The van der Waals surface area contributed by atoms with Crippen LogP contribution in [0, 0.1) is 5.92 Å². The van der Waals surface area contributed by atoms with Gasteiger partial charge in [-0.1, -0.05) is 49.6 Å². The smallest absolute Gasteiger partial charge is 0.411 e. The number of carbonyl (C=O) groups excluding carboxylic acids is 3. The summed E-state index contributed by atoms with van der Waals surface area (Å²) in [5.41, 5.74) is 0.665. The maximum atomic E-state index is 13.6. The number of rotatable bonds is 10. The molecule has 1 saturated carbocycles. The number of nitrogens with zero attached hydrogens (tertiary/aromatic N) is 2. The number of hydrogen-bond donors (Lipinski definition) is 2. The zero-order valence-electron chi connectivity index (χ0n) is 24.9. The predicted molar refractivity (Wildman–Crippen MR) is 168 cm³/mol. The highest BCUT2D eigenvalue weighted by atomic mass is 32.2. The van der Waals surface area contributed by atoms with Crippen molar-refractivity contribution in [1.29, 1.82) is 0 Å². The lowest BCUT2D eigenvalue weighted by molar-refractivity contribution is -0.130. The number of nitrogens with one attached hydrogen (secondary N) is 2. The fourth-order valence-corrected chi connectivity index (χ4v) is 8.10. The minimum atomic E-state index is -0.690. The van der Waals surface area contributed by atoms with E-state index in [9.17, 15) is 14.4 Å². The van der Waals surface area contributed by atoms with Crippen LogP contribution in [-0.2, 0) is 20.9 Å². The molecule has 3 fully saturated rings. The maximum Gasteiger partial charge on any atom is 0.411 e. The van der Waals surface area contributed by atoms with Crippen LogP contribution in [0.1, 0.15) is 71.3 Å².